The van der Waals surface area contributed by atoms with Gasteiger partial charge in [0.25, 0.3) is 0 Å². The van der Waals surface area contributed by atoms with Crippen LogP contribution in [0.25, 0.3) is 0 Å². The number of nitrogens with one attached hydrogen (secondary N) is 1. The summed E-state index contributed by atoms with van der Waals surface area (Å²) in [5.41, 5.74) is 1.44. The Balaban J connectivity index is 2.23. The molecule has 1 fully saturated rings. The molecule has 1 heterocycles. The van der Waals surface area contributed by atoms with Gasteiger partial charge in [0.2, 0.25) is 0 Å². The average molecular weight is 272 g/mol. The fourth-order valence-electron chi connectivity index (χ4n) is 3.12. The molecule has 1 aliphatic rings. The Labute approximate surface area is 123 Å². The van der Waals surface area contributed by atoms with E-state index >= 15 is 0 Å². The molecule has 0 saturated carbocycles. The molecule has 0 bridgehead atoms. The molecule has 0 aliphatic carbocycles. The molecule has 1 aromatic carbocycles. The van der Waals surface area contributed by atoms with E-state index in [1.807, 2.05) is 6.08 Å². The van der Waals surface area contributed by atoms with E-state index in [2.05, 4.69) is 67.9 Å². The summed E-state index contributed by atoms with van der Waals surface area (Å²) in [6, 6.07) is 11.4. The smallest absolute Gasteiger partial charge is 0.0561 e. The summed E-state index contributed by atoms with van der Waals surface area (Å²) < 4.78 is 0. The van der Waals surface area contributed by atoms with E-state index in [-0.39, 0.29) is 5.54 Å². The van der Waals surface area contributed by atoms with Crippen LogP contribution in [-0.2, 0) is 5.54 Å². The maximum Gasteiger partial charge on any atom is 0.0561 e. The van der Waals surface area contributed by atoms with Crippen molar-refractivity contribution in [2.45, 2.75) is 38.8 Å². The summed E-state index contributed by atoms with van der Waals surface area (Å²) in [6.45, 7) is 13.9. The molecule has 3 unspecified atom stereocenters. The largest absolute Gasteiger partial charge is 0.310 e. The van der Waals surface area contributed by atoms with Gasteiger partial charge in [0.1, 0.15) is 0 Å². The molecule has 0 aromatic heterocycles. The number of nitrogens with zero attached hydrogens (tertiary/aromatic N) is 1. The Hall–Kier alpha value is -1.12. The minimum absolute atomic E-state index is 0.0550. The van der Waals surface area contributed by atoms with Crippen molar-refractivity contribution in [2.24, 2.45) is 5.92 Å². The summed E-state index contributed by atoms with van der Waals surface area (Å²) in [5.74, 6) is 0.711. The van der Waals surface area contributed by atoms with Crippen LogP contribution in [0, 0.1) is 5.92 Å². The number of hydrogen-bond donors (Lipinski definition) is 1. The molecule has 110 valence electrons. The zero-order valence-corrected chi connectivity index (χ0v) is 13.1. The first-order valence-electron chi connectivity index (χ1n) is 7.76. The third-order valence-corrected chi connectivity index (χ3v) is 4.90. The molecule has 20 heavy (non-hydrogen) atoms. The van der Waals surface area contributed by atoms with Gasteiger partial charge in [-0.25, -0.2) is 0 Å². The molecule has 0 radical (unpaired) electrons. The second-order valence-electron chi connectivity index (χ2n) is 6.21. The van der Waals surface area contributed by atoms with Crippen LogP contribution in [0.5, 0.6) is 0 Å². The maximum absolute atomic E-state index is 3.94. The highest BCUT2D eigenvalue weighted by molar-refractivity contribution is 5.25. The molecule has 3 atom stereocenters. The van der Waals surface area contributed by atoms with Gasteiger partial charge in [0, 0.05) is 25.7 Å². The van der Waals surface area contributed by atoms with Gasteiger partial charge in [-0.3, -0.25) is 4.90 Å². The zero-order valence-electron chi connectivity index (χ0n) is 13.1. The standard InChI is InChI=1S/C18H28N2/c1-5-12-20-13-17(15(3)6-2)19-14-18(20,4)16-10-8-7-9-11-16/h5,7-11,15,17,19H,1,6,12-14H2,2-4H3. The minimum atomic E-state index is 0.0550. The van der Waals surface area contributed by atoms with E-state index in [1.165, 1.54) is 12.0 Å². The van der Waals surface area contributed by atoms with Gasteiger partial charge >= 0.3 is 0 Å². The Kier molecular flexibility index (Phi) is 5.00. The Morgan fingerprint density at radius 3 is 2.75 bits per heavy atom. The fourth-order valence-corrected chi connectivity index (χ4v) is 3.12. The predicted molar refractivity (Wildman–Crippen MR) is 86.8 cm³/mol. The third kappa shape index (κ3) is 2.97. The van der Waals surface area contributed by atoms with Crippen LogP contribution in [0.4, 0.5) is 0 Å². The van der Waals surface area contributed by atoms with Gasteiger partial charge < -0.3 is 5.32 Å². The summed E-state index contributed by atoms with van der Waals surface area (Å²) >= 11 is 0. The summed E-state index contributed by atoms with van der Waals surface area (Å²) in [7, 11) is 0. The number of piperazine rings is 1. The van der Waals surface area contributed by atoms with Crippen LogP contribution in [0.3, 0.4) is 0 Å². The van der Waals surface area contributed by atoms with E-state index in [4.69, 9.17) is 0 Å². The van der Waals surface area contributed by atoms with Gasteiger partial charge in [-0.05, 0) is 18.4 Å². The van der Waals surface area contributed by atoms with Crippen molar-refractivity contribution in [3.05, 3.63) is 48.6 Å². The van der Waals surface area contributed by atoms with Gasteiger partial charge in [-0.1, -0.05) is 56.7 Å². The minimum Gasteiger partial charge on any atom is -0.310 e. The van der Waals surface area contributed by atoms with Crippen molar-refractivity contribution < 1.29 is 0 Å². The van der Waals surface area contributed by atoms with Crippen LogP contribution < -0.4 is 5.32 Å². The fraction of sp³-hybridized carbons (Fsp3) is 0.556. The van der Waals surface area contributed by atoms with Crippen molar-refractivity contribution in [2.75, 3.05) is 19.6 Å². The van der Waals surface area contributed by atoms with Gasteiger partial charge in [0.05, 0.1) is 5.54 Å². The molecule has 0 spiro atoms. The Bertz CT molecular complexity index is 428. The van der Waals surface area contributed by atoms with Crippen molar-refractivity contribution in [1.82, 2.24) is 10.2 Å². The Morgan fingerprint density at radius 2 is 2.15 bits per heavy atom. The molecule has 2 nitrogen and oxygen atoms in total. The summed E-state index contributed by atoms with van der Waals surface area (Å²) in [5, 5.41) is 3.77. The SMILES string of the molecule is C=CCN1CC(C(C)CC)NCC1(C)c1ccccc1. The molecular weight excluding hydrogens is 244 g/mol. The normalized spacial score (nSPS) is 29.1. The van der Waals surface area contributed by atoms with E-state index in [9.17, 15) is 0 Å². The Morgan fingerprint density at radius 1 is 1.45 bits per heavy atom. The van der Waals surface area contributed by atoms with Crippen molar-refractivity contribution >= 4 is 0 Å². The predicted octanol–water partition coefficient (Wildman–Crippen LogP) is 3.41. The van der Waals surface area contributed by atoms with E-state index < -0.39 is 0 Å². The lowest BCUT2D eigenvalue weighted by Gasteiger charge is -2.49. The lowest BCUT2D eigenvalue weighted by molar-refractivity contribution is 0.0474. The van der Waals surface area contributed by atoms with Gasteiger partial charge in [-0.2, -0.15) is 0 Å². The number of benzene rings is 1. The highest BCUT2D eigenvalue weighted by atomic mass is 15.3. The average Bonchev–Trinajstić information content (AvgIpc) is 2.50. The van der Waals surface area contributed by atoms with Crippen LogP contribution in [0.15, 0.2) is 43.0 Å². The second kappa shape index (κ2) is 6.55. The molecule has 1 aromatic rings. The summed E-state index contributed by atoms with van der Waals surface area (Å²) in [4.78, 5) is 2.57. The third-order valence-electron chi connectivity index (χ3n) is 4.90. The molecular formula is C18H28N2. The molecule has 2 heteroatoms. The van der Waals surface area contributed by atoms with E-state index in [0.29, 0.717) is 12.0 Å². The first kappa shape index (κ1) is 15.3. The van der Waals surface area contributed by atoms with Crippen LogP contribution >= 0.6 is 0 Å². The highest BCUT2D eigenvalue weighted by Gasteiger charge is 2.39. The lowest BCUT2D eigenvalue weighted by atomic mass is 9.84. The number of hydrogen-bond acceptors (Lipinski definition) is 2. The monoisotopic (exact) mass is 272 g/mol. The van der Waals surface area contributed by atoms with Crippen LogP contribution in [-0.4, -0.2) is 30.6 Å². The van der Waals surface area contributed by atoms with E-state index in [0.717, 1.165) is 19.6 Å². The molecule has 0 amide bonds. The van der Waals surface area contributed by atoms with E-state index in [1.54, 1.807) is 0 Å². The molecule has 1 saturated heterocycles. The van der Waals surface area contributed by atoms with Gasteiger partial charge in [-0.15, -0.1) is 6.58 Å². The topological polar surface area (TPSA) is 15.3 Å². The molecule has 1 N–H and O–H groups in total. The highest BCUT2D eigenvalue weighted by Crippen LogP contribution is 2.32. The van der Waals surface area contributed by atoms with Crippen LogP contribution in [0.2, 0.25) is 0 Å². The lowest BCUT2D eigenvalue weighted by Crippen LogP contribution is -2.62. The first-order chi connectivity index (χ1) is 9.61. The number of rotatable bonds is 5. The van der Waals surface area contributed by atoms with Crippen molar-refractivity contribution in [3.8, 4) is 0 Å². The summed E-state index contributed by atoms with van der Waals surface area (Å²) in [6.07, 6.45) is 3.25. The van der Waals surface area contributed by atoms with Gasteiger partial charge in [0.15, 0.2) is 0 Å². The van der Waals surface area contributed by atoms with Crippen molar-refractivity contribution in [1.29, 1.82) is 0 Å². The molecule has 2 rings (SSSR count). The van der Waals surface area contributed by atoms with Crippen molar-refractivity contribution in [3.63, 3.8) is 0 Å². The maximum atomic E-state index is 3.94. The van der Waals surface area contributed by atoms with Crippen LogP contribution in [0.1, 0.15) is 32.8 Å². The zero-order chi connectivity index (χ0) is 14.6. The first-order valence-corrected chi connectivity index (χ1v) is 7.76. The quantitative estimate of drug-likeness (QED) is 0.826. The molecule has 1 aliphatic heterocycles. The second-order valence-corrected chi connectivity index (χ2v) is 6.21.